The second-order valence-electron chi connectivity index (χ2n) is 3.43. The number of aromatic nitrogens is 2. The second kappa shape index (κ2) is 4.18. The lowest BCUT2D eigenvalue weighted by Gasteiger charge is -2.03. The van der Waals surface area contributed by atoms with Gasteiger partial charge in [-0.15, -0.1) is 0 Å². The Morgan fingerprint density at radius 1 is 1.44 bits per heavy atom. The first-order valence-electron chi connectivity index (χ1n) is 4.91. The molecule has 0 fully saturated rings. The molecule has 0 saturated heterocycles. The topological polar surface area (TPSA) is 44.1 Å². The maximum Gasteiger partial charge on any atom is 0.162 e. The first-order valence-corrected chi connectivity index (χ1v) is 4.91. The highest BCUT2D eigenvalue weighted by Gasteiger charge is 2.04. The molecule has 4 nitrogen and oxygen atoms in total. The first-order chi connectivity index (χ1) is 7.70. The van der Waals surface area contributed by atoms with E-state index in [2.05, 4.69) is 5.10 Å². The van der Waals surface area contributed by atoms with E-state index in [1.54, 1.807) is 24.2 Å². The molecular weight excluding hydrogens is 204 g/mol. The van der Waals surface area contributed by atoms with Crippen molar-refractivity contribution in [3.05, 3.63) is 42.2 Å². The lowest BCUT2D eigenvalue weighted by Crippen LogP contribution is -1.95. The summed E-state index contributed by atoms with van der Waals surface area (Å²) in [5.74, 6) is 0.770. The number of hydrogen-bond acceptors (Lipinski definition) is 3. The summed E-state index contributed by atoms with van der Waals surface area (Å²) in [4.78, 5) is 11.1. The van der Waals surface area contributed by atoms with E-state index in [4.69, 9.17) is 4.74 Å². The van der Waals surface area contributed by atoms with Crippen LogP contribution in [0.3, 0.4) is 0 Å². The number of ether oxygens (including phenoxy) is 1. The number of Topliss-reactive ketones (excluding diaryl/α,β-unsaturated/α-hetero) is 1. The quantitative estimate of drug-likeness (QED) is 0.738. The van der Waals surface area contributed by atoms with Gasteiger partial charge in [0.05, 0.1) is 24.6 Å². The molecule has 2 aromatic rings. The second-order valence-corrected chi connectivity index (χ2v) is 3.43. The number of nitrogens with zero attached hydrogens (tertiary/aromatic N) is 2. The van der Waals surface area contributed by atoms with Crippen LogP contribution in [-0.2, 0) is 0 Å². The van der Waals surface area contributed by atoms with Crippen LogP contribution in [0.25, 0.3) is 5.69 Å². The Morgan fingerprint density at radius 3 is 2.88 bits per heavy atom. The van der Waals surface area contributed by atoms with E-state index in [0.29, 0.717) is 5.56 Å². The van der Waals surface area contributed by atoms with E-state index < -0.39 is 0 Å². The van der Waals surface area contributed by atoms with E-state index in [1.165, 1.54) is 6.92 Å². The van der Waals surface area contributed by atoms with Gasteiger partial charge in [0.2, 0.25) is 0 Å². The fourth-order valence-electron chi connectivity index (χ4n) is 1.40. The van der Waals surface area contributed by atoms with Crippen molar-refractivity contribution in [2.75, 3.05) is 7.11 Å². The van der Waals surface area contributed by atoms with Crippen molar-refractivity contribution in [3.8, 4) is 11.4 Å². The molecule has 2 rings (SSSR count). The van der Waals surface area contributed by atoms with Gasteiger partial charge < -0.3 is 4.74 Å². The lowest BCUT2D eigenvalue weighted by molar-refractivity contribution is 0.101. The largest absolute Gasteiger partial charge is 0.497 e. The van der Waals surface area contributed by atoms with Crippen molar-refractivity contribution in [2.24, 2.45) is 0 Å². The molecule has 1 aromatic carbocycles. The molecule has 0 aliphatic heterocycles. The van der Waals surface area contributed by atoms with Crippen LogP contribution in [0.4, 0.5) is 0 Å². The van der Waals surface area contributed by atoms with Crippen LogP contribution in [-0.4, -0.2) is 22.7 Å². The van der Waals surface area contributed by atoms with Crippen molar-refractivity contribution in [3.63, 3.8) is 0 Å². The third-order valence-corrected chi connectivity index (χ3v) is 2.31. The number of hydrogen-bond donors (Lipinski definition) is 0. The Hall–Kier alpha value is -2.10. The predicted octanol–water partition coefficient (Wildman–Crippen LogP) is 2.08. The Bertz CT molecular complexity index is 517. The molecule has 0 aliphatic carbocycles. The monoisotopic (exact) mass is 216 g/mol. The molecule has 0 unspecified atom stereocenters. The highest BCUT2D eigenvalue weighted by atomic mass is 16.5. The van der Waals surface area contributed by atoms with Crippen LogP contribution in [0.15, 0.2) is 36.7 Å². The Labute approximate surface area is 93.5 Å². The standard InChI is InChI=1S/C12H12N2O2/c1-9(15)10-7-13-14(8-10)11-4-3-5-12(6-11)16-2/h3-8H,1-2H3. The molecule has 0 saturated carbocycles. The number of rotatable bonds is 3. The third kappa shape index (κ3) is 1.95. The van der Waals surface area contributed by atoms with Crippen molar-refractivity contribution in [1.82, 2.24) is 9.78 Å². The summed E-state index contributed by atoms with van der Waals surface area (Å²) >= 11 is 0. The minimum atomic E-state index is 0.00847. The van der Waals surface area contributed by atoms with Crippen molar-refractivity contribution in [1.29, 1.82) is 0 Å². The summed E-state index contributed by atoms with van der Waals surface area (Å²) in [5, 5.41) is 4.12. The molecule has 4 heteroatoms. The van der Waals surface area contributed by atoms with Gasteiger partial charge in [-0.05, 0) is 19.1 Å². The summed E-state index contributed by atoms with van der Waals surface area (Å²) in [7, 11) is 1.61. The van der Waals surface area contributed by atoms with Gasteiger partial charge in [0, 0.05) is 12.3 Å². The summed E-state index contributed by atoms with van der Waals surface area (Å²) in [6.45, 7) is 1.52. The van der Waals surface area contributed by atoms with Crippen LogP contribution < -0.4 is 4.74 Å². The van der Waals surface area contributed by atoms with Crippen LogP contribution in [0.2, 0.25) is 0 Å². The van der Waals surface area contributed by atoms with Crippen molar-refractivity contribution < 1.29 is 9.53 Å². The van der Waals surface area contributed by atoms with E-state index in [0.717, 1.165) is 11.4 Å². The van der Waals surface area contributed by atoms with Gasteiger partial charge in [0.25, 0.3) is 0 Å². The summed E-state index contributed by atoms with van der Waals surface area (Å²) in [6, 6.07) is 7.50. The zero-order valence-corrected chi connectivity index (χ0v) is 9.18. The van der Waals surface area contributed by atoms with Gasteiger partial charge in [-0.3, -0.25) is 4.79 Å². The number of methoxy groups -OCH3 is 1. The number of ketones is 1. The number of benzene rings is 1. The molecule has 0 atom stereocenters. The first kappa shape index (κ1) is 10.4. The van der Waals surface area contributed by atoms with E-state index in [1.807, 2.05) is 24.3 Å². The maximum absolute atomic E-state index is 11.1. The van der Waals surface area contributed by atoms with Crippen molar-refractivity contribution in [2.45, 2.75) is 6.92 Å². The molecule has 1 heterocycles. The average molecular weight is 216 g/mol. The Morgan fingerprint density at radius 2 is 2.25 bits per heavy atom. The van der Waals surface area contributed by atoms with Gasteiger partial charge in [0.1, 0.15) is 5.75 Å². The smallest absolute Gasteiger partial charge is 0.162 e. The minimum Gasteiger partial charge on any atom is -0.497 e. The highest BCUT2D eigenvalue weighted by Crippen LogP contribution is 2.16. The fourth-order valence-corrected chi connectivity index (χ4v) is 1.40. The minimum absolute atomic E-state index is 0.00847. The Kier molecular flexibility index (Phi) is 2.72. The van der Waals surface area contributed by atoms with E-state index in [-0.39, 0.29) is 5.78 Å². The predicted molar refractivity (Wildman–Crippen MR) is 60.1 cm³/mol. The molecule has 16 heavy (non-hydrogen) atoms. The van der Waals surface area contributed by atoms with Crippen LogP contribution in [0.1, 0.15) is 17.3 Å². The lowest BCUT2D eigenvalue weighted by atomic mass is 10.2. The summed E-state index contributed by atoms with van der Waals surface area (Å²) in [5.41, 5.74) is 1.47. The van der Waals surface area contributed by atoms with Gasteiger partial charge in [0.15, 0.2) is 5.78 Å². The molecule has 0 N–H and O–H groups in total. The zero-order chi connectivity index (χ0) is 11.5. The molecule has 0 bridgehead atoms. The van der Waals surface area contributed by atoms with Crippen LogP contribution in [0.5, 0.6) is 5.75 Å². The van der Waals surface area contributed by atoms with Gasteiger partial charge in [-0.2, -0.15) is 5.10 Å². The average Bonchev–Trinajstić information content (AvgIpc) is 2.78. The van der Waals surface area contributed by atoms with Crippen molar-refractivity contribution >= 4 is 5.78 Å². The fraction of sp³-hybridized carbons (Fsp3) is 0.167. The molecule has 1 aromatic heterocycles. The number of carbonyl (C=O) groups excluding carboxylic acids is 1. The van der Waals surface area contributed by atoms with Gasteiger partial charge >= 0.3 is 0 Å². The maximum atomic E-state index is 11.1. The molecule has 0 spiro atoms. The third-order valence-electron chi connectivity index (χ3n) is 2.31. The normalized spacial score (nSPS) is 10.1. The van der Waals surface area contributed by atoms with E-state index >= 15 is 0 Å². The van der Waals surface area contributed by atoms with Crippen LogP contribution >= 0.6 is 0 Å². The molecule has 0 radical (unpaired) electrons. The number of carbonyl (C=O) groups is 1. The Balaban J connectivity index is 2.38. The van der Waals surface area contributed by atoms with E-state index in [9.17, 15) is 4.79 Å². The molecule has 0 aliphatic rings. The zero-order valence-electron chi connectivity index (χ0n) is 9.18. The summed E-state index contributed by atoms with van der Waals surface area (Å²) < 4.78 is 6.77. The summed E-state index contributed by atoms with van der Waals surface area (Å²) in [6.07, 6.45) is 3.26. The SMILES string of the molecule is COc1cccc(-n2cc(C(C)=O)cn2)c1. The van der Waals surface area contributed by atoms with Crippen LogP contribution in [0, 0.1) is 0 Å². The molecular formula is C12H12N2O2. The molecule has 82 valence electrons. The van der Waals surface area contributed by atoms with Gasteiger partial charge in [-0.1, -0.05) is 6.07 Å². The highest BCUT2D eigenvalue weighted by molar-refractivity contribution is 5.93. The molecule has 0 amide bonds. The van der Waals surface area contributed by atoms with Gasteiger partial charge in [-0.25, -0.2) is 4.68 Å².